The van der Waals surface area contributed by atoms with Gasteiger partial charge in [0, 0.05) is 18.9 Å². The zero-order chi connectivity index (χ0) is 13.3. The number of aryl methyl sites for hydroxylation is 1. The molecule has 18 heavy (non-hydrogen) atoms. The van der Waals surface area contributed by atoms with Crippen LogP contribution in [0.15, 0.2) is 6.58 Å². The van der Waals surface area contributed by atoms with Gasteiger partial charge in [-0.05, 0) is 18.9 Å². The number of carbonyl (C=O) groups is 1. The second-order valence-electron chi connectivity index (χ2n) is 5.47. The summed E-state index contributed by atoms with van der Waals surface area (Å²) in [4.78, 5) is 12.4. The van der Waals surface area contributed by atoms with Crippen LogP contribution in [0.25, 0.3) is 6.08 Å². The number of rotatable bonds is 4. The highest BCUT2D eigenvalue weighted by atomic mass is 16.1. The van der Waals surface area contributed by atoms with Gasteiger partial charge in [-0.25, -0.2) is 0 Å². The van der Waals surface area contributed by atoms with Crippen LogP contribution < -0.4 is 0 Å². The maximum atomic E-state index is 12.4. The maximum absolute atomic E-state index is 12.4. The number of Topliss-reactive ketones (excluding diaryl/α,β-unsaturated/α-hetero) is 1. The van der Waals surface area contributed by atoms with Crippen molar-refractivity contribution in [2.45, 2.75) is 45.4 Å². The van der Waals surface area contributed by atoms with Crippen LogP contribution in [0.2, 0.25) is 0 Å². The second kappa shape index (κ2) is 5.09. The lowest BCUT2D eigenvalue weighted by atomic mass is 9.92. The van der Waals surface area contributed by atoms with Gasteiger partial charge in [-0.2, -0.15) is 5.10 Å². The molecule has 0 unspecified atom stereocenters. The number of hydrogen-bond acceptors (Lipinski definition) is 2. The Morgan fingerprint density at radius 2 is 2.06 bits per heavy atom. The summed E-state index contributed by atoms with van der Waals surface area (Å²) in [6.07, 6.45) is 6.57. The van der Waals surface area contributed by atoms with Gasteiger partial charge >= 0.3 is 0 Å². The Bertz CT molecular complexity index is 465. The standard InChI is InChI=1S/C15H22N2O/c1-5-12-13(15(18)10(2)3)14(16-17(12)4)11-8-6-7-9-11/h5,10-11H,1,6-9H2,2-4H3. The van der Waals surface area contributed by atoms with Crippen LogP contribution >= 0.6 is 0 Å². The molecule has 1 fully saturated rings. The third-order valence-electron chi connectivity index (χ3n) is 3.82. The zero-order valence-corrected chi connectivity index (χ0v) is 11.6. The van der Waals surface area contributed by atoms with Gasteiger partial charge in [0.15, 0.2) is 5.78 Å². The zero-order valence-electron chi connectivity index (χ0n) is 11.6. The molecule has 0 aliphatic heterocycles. The molecule has 3 heteroatoms. The van der Waals surface area contributed by atoms with Crippen LogP contribution in [0, 0.1) is 5.92 Å². The third-order valence-corrected chi connectivity index (χ3v) is 3.82. The summed E-state index contributed by atoms with van der Waals surface area (Å²) in [7, 11) is 1.90. The lowest BCUT2D eigenvalue weighted by Gasteiger charge is -2.10. The lowest BCUT2D eigenvalue weighted by molar-refractivity contribution is 0.0937. The fourth-order valence-corrected chi connectivity index (χ4v) is 2.82. The summed E-state index contributed by atoms with van der Waals surface area (Å²) in [6.45, 7) is 7.71. The van der Waals surface area contributed by atoms with Crippen LogP contribution in [0.4, 0.5) is 0 Å². The van der Waals surface area contributed by atoms with Gasteiger partial charge in [-0.3, -0.25) is 9.48 Å². The third kappa shape index (κ3) is 2.14. The summed E-state index contributed by atoms with van der Waals surface area (Å²) in [5.74, 6) is 0.663. The van der Waals surface area contributed by atoms with Crippen molar-refractivity contribution in [3.63, 3.8) is 0 Å². The van der Waals surface area contributed by atoms with Gasteiger partial charge in [0.2, 0.25) is 0 Å². The molecule has 1 aromatic rings. The molecule has 0 aromatic carbocycles. The van der Waals surface area contributed by atoms with Crippen molar-refractivity contribution in [3.8, 4) is 0 Å². The number of nitrogens with zero attached hydrogens (tertiary/aromatic N) is 2. The molecule has 0 spiro atoms. The first-order valence-electron chi connectivity index (χ1n) is 6.79. The first-order chi connectivity index (χ1) is 8.56. The Labute approximate surface area is 109 Å². The van der Waals surface area contributed by atoms with Crippen LogP contribution in [0.3, 0.4) is 0 Å². The molecule has 0 radical (unpaired) electrons. The van der Waals surface area contributed by atoms with E-state index in [9.17, 15) is 4.79 Å². The Kier molecular flexibility index (Phi) is 3.69. The molecule has 1 aromatic heterocycles. The molecule has 1 saturated carbocycles. The molecular weight excluding hydrogens is 224 g/mol. The van der Waals surface area contributed by atoms with E-state index >= 15 is 0 Å². The minimum atomic E-state index is 0.00746. The molecule has 0 saturated heterocycles. The summed E-state index contributed by atoms with van der Waals surface area (Å²) in [5, 5.41) is 4.59. The largest absolute Gasteiger partial charge is 0.294 e. The highest BCUT2D eigenvalue weighted by Crippen LogP contribution is 2.36. The smallest absolute Gasteiger partial charge is 0.169 e. The average molecular weight is 246 g/mol. The van der Waals surface area contributed by atoms with Gasteiger partial charge in [-0.1, -0.05) is 33.3 Å². The average Bonchev–Trinajstić information content (AvgIpc) is 2.94. The van der Waals surface area contributed by atoms with Gasteiger partial charge in [0.05, 0.1) is 17.0 Å². The number of hydrogen-bond donors (Lipinski definition) is 0. The van der Waals surface area contributed by atoms with Crippen molar-refractivity contribution in [1.82, 2.24) is 9.78 Å². The molecule has 0 amide bonds. The summed E-state index contributed by atoms with van der Waals surface area (Å²) in [6, 6.07) is 0. The summed E-state index contributed by atoms with van der Waals surface area (Å²) < 4.78 is 1.80. The summed E-state index contributed by atoms with van der Waals surface area (Å²) >= 11 is 0. The van der Waals surface area contributed by atoms with Gasteiger partial charge in [0.1, 0.15) is 0 Å². The molecule has 1 aliphatic rings. The lowest BCUT2D eigenvalue weighted by Crippen LogP contribution is -2.12. The maximum Gasteiger partial charge on any atom is 0.169 e. The minimum absolute atomic E-state index is 0.00746. The van der Waals surface area contributed by atoms with Crippen molar-refractivity contribution >= 4 is 11.9 Å². The van der Waals surface area contributed by atoms with E-state index in [2.05, 4.69) is 11.7 Å². The first kappa shape index (κ1) is 13.1. The Morgan fingerprint density at radius 1 is 1.44 bits per heavy atom. The van der Waals surface area contributed by atoms with Crippen molar-refractivity contribution in [1.29, 1.82) is 0 Å². The minimum Gasteiger partial charge on any atom is -0.294 e. The predicted molar refractivity (Wildman–Crippen MR) is 73.7 cm³/mol. The van der Waals surface area contributed by atoms with Gasteiger partial charge in [-0.15, -0.1) is 0 Å². The van der Waals surface area contributed by atoms with E-state index in [0.29, 0.717) is 5.92 Å². The SMILES string of the molecule is C=Cc1c(C(=O)C(C)C)c(C2CCCC2)nn1C. The fraction of sp³-hybridized carbons (Fsp3) is 0.600. The Hall–Kier alpha value is -1.38. The highest BCUT2D eigenvalue weighted by molar-refractivity contribution is 6.01. The quantitative estimate of drug-likeness (QED) is 0.761. The van der Waals surface area contributed by atoms with Crippen LogP contribution in [0.1, 0.15) is 67.2 Å². The van der Waals surface area contributed by atoms with Crippen molar-refractivity contribution < 1.29 is 4.79 Å². The number of aromatic nitrogens is 2. The van der Waals surface area contributed by atoms with E-state index in [1.165, 1.54) is 12.8 Å². The first-order valence-corrected chi connectivity index (χ1v) is 6.79. The molecule has 1 heterocycles. The number of ketones is 1. The van der Waals surface area contributed by atoms with Crippen LogP contribution in [0.5, 0.6) is 0 Å². The molecule has 0 N–H and O–H groups in total. The van der Waals surface area contributed by atoms with Crippen LogP contribution in [-0.4, -0.2) is 15.6 Å². The van der Waals surface area contributed by atoms with E-state index < -0.39 is 0 Å². The molecule has 1 aliphatic carbocycles. The Morgan fingerprint density at radius 3 is 2.56 bits per heavy atom. The molecule has 0 atom stereocenters. The van der Waals surface area contributed by atoms with E-state index in [0.717, 1.165) is 29.8 Å². The van der Waals surface area contributed by atoms with E-state index in [1.807, 2.05) is 20.9 Å². The fourth-order valence-electron chi connectivity index (χ4n) is 2.82. The highest BCUT2D eigenvalue weighted by Gasteiger charge is 2.29. The van der Waals surface area contributed by atoms with Crippen molar-refractivity contribution in [3.05, 3.63) is 23.5 Å². The molecule has 98 valence electrons. The topological polar surface area (TPSA) is 34.9 Å². The molecule has 2 rings (SSSR count). The second-order valence-corrected chi connectivity index (χ2v) is 5.47. The van der Waals surface area contributed by atoms with Gasteiger partial charge in [0.25, 0.3) is 0 Å². The number of carbonyl (C=O) groups excluding carboxylic acids is 1. The van der Waals surface area contributed by atoms with E-state index in [1.54, 1.807) is 10.8 Å². The van der Waals surface area contributed by atoms with E-state index in [4.69, 9.17) is 0 Å². The van der Waals surface area contributed by atoms with Gasteiger partial charge < -0.3 is 0 Å². The van der Waals surface area contributed by atoms with Crippen molar-refractivity contribution in [2.24, 2.45) is 13.0 Å². The van der Waals surface area contributed by atoms with E-state index in [-0.39, 0.29) is 11.7 Å². The monoisotopic (exact) mass is 246 g/mol. The predicted octanol–water partition coefficient (Wildman–Crippen LogP) is 3.56. The Balaban J connectivity index is 2.51. The van der Waals surface area contributed by atoms with Crippen LogP contribution in [-0.2, 0) is 7.05 Å². The normalized spacial score (nSPS) is 16.4. The molecule has 3 nitrogen and oxygen atoms in total. The molecule has 0 bridgehead atoms. The molecular formula is C15H22N2O. The summed E-state index contributed by atoms with van der Waals surface area (Å²) in [5.41, 5.74) is 2.69. The van der Waals surface area contributed by atoms with Crippen molar-refractivity contribution in [2.75, 3.05) is 0 Å².